The van der Waals surface area contributed by atoms with E-state index in [2.05, 4.69) is 61.0 Å². The predicted octanol–water partition coefficient (Wildman–Crippen LogP) is 8.33. The zero-order chi connectivity index (χ0) is 33.7. The summed E-state index contributed by atoms with van der Waals surface area (Å²) < 4.78 is 19.2. The van der Waals surface area contributed by atoms with Crippen LogP contribution in [0.2, 0.25) is 0 Å². The second kappa shape index (κ2) is 19.4. The zero-order valence-electron chi connectivity index (χ0n) is 30.5. The van der Waals surface area contributed by atoms with E-state index in [1.54, 1.807) is 0 Å². The Hall–Kier alpha value is -1.96. The standard InChI is InChI=1S/C41H66N2O5/c1-4-33-27-37-29-36-15-13-14-35(46-36)26-31(2)18-19-32(3)39(48-41(45)30-38(28-33)47-37)16-9-6-5-7-10-17-40(44)43-24-20-34(21-25-43)42-22-11-8-12-23-42/h4,9,16,18-19,31-32,34-39H,5-8,10-15,17,20-30H2,1-3H3. The Labute approximate surface area is 291 Å². The predicted molar refractivity (Wildman–Crippen MR) is 193 cm³/mol. The average Bonchev–Trinajstić information content (AvgIpc) is 3.09. The number of fused-ring (bicyclic) bond motifs is 4. The van der Waals surface area contributed by atoms with Crippen molar-refractivity contribution in [2.75, 3.05) is 26.2 Å². The third-order valence-electron chi connectivity index (χ3n) is 11.6. The molecule has 0 aromatic heterocycles. The second-order valence-corrected chi connectivity index (χ2v) is 15.6. The first-order chi connectivity index (χ1) is 23.4. The highest BCUT2D eigenvalue weighted by Crippen LogP contribution is 2.33. The number of carbonyl (C=O) groups excluding carboxylic acids is 2. The third-order valence-corrected chi connectivity index (χ3v) is 11.6. The smallest absolute Gasteiger partial charge is 0.309 e. The summed E-state index contributed by atoms with van der Waals surface area (Å²) >= 11 is 0. The lowest BCUT2D eigenvalue weighted by Crippen LogP contribution is -2.48. The van der Waals surface area contributed by atoms with Crippen LogP contribution in [0, 0.1) is 11.8 Å². The highest BCUT2D eigenvalue weighted by molar-refractivity contribution is 5.76. The molecular weight excluding hydrogens is 600 g/mol. The number of nitrogens with zero attached hydrogens (tertiary/aromatic N) is 2. The van der Waals surface area contributed by atoms with Crippen molar-refractivity contribution in [2.24, 2.45) is 11.8 Å². The number of amides is 1. The molecule has 0 aromatic carbocycles. The molecular formula is C41H66N2O5. The molecule has 270 valence electrons. The van der Waals surface area contributed by atoms with E-state index in [0.29, 0.717) is 30.4 Å². The lowest BCUT2D eigenvalue weighted by molar-refractivity contribution is -0.154. The molecule has 7 nitrogen and oxygen atoms in total. The number of likely N-dealkylation sites (tertiary alicyclic amines) is 2. The van der Waals surface area contributed by atoms with Crippen molar-refractivity contribution in [3.05, 3.63) is 36.0 Å². The quantitative estimate of drug-likeness (QED) is 0.147. The molecule has 4 fully saturated rings. The van der Waals surface area contributed by atoms with Crippen molar-refractivity contribution in [3.8, 4) is 0 Å². The molecule has 4 saturated heterocycles. The normalized spacial score (nSPS) is 34.4. The molecule has 0 aromatic rings. The maximum atomic E-state index is 13.3. The number of cyclic esters (lactones) is 1. The van der Waals surface area contributed by atoms with Crippen LogP contribution in [0.25, 0.3) is 0 Å². The first kappa shape index (κ1) is 37.3. The molecule has 0 spiro atoms. The molecule has 0 N–H and O–H groups in total. The molecule has 5 heterocycles. The van der Waals surface area contributed by atoms with Crippen molar-refractivity contribution in [3.63, 3.8) is 0 Å². The zero-order valence-corrected chi connectivity index (χ0v) is 30.5. The summed E-state index contributed by atoms with van der Waals surface area (Å²) in [6.07, 6.45) is 29.4. The SMILES string of the molecule is CC=C1CC2CC(=O)OC(C=CCCCCCC(=O)N3CCC(N4CCCCC4)CC3)C(C)C=CC(C)CC3CCCC(CC(C1)O2)O3. The van der Waals surface area contributed by atoms with Gasteiger partial charge in [-0.05, 0) is 115 Å². The number of unbranched alkanes of at least 4 members (excludes halogenated alkanes) is 3. The molecule has 0 aliphatic carbocycles. The summed E-state index contributed by atoms with van der Waals surface area (Å²) in [6, 6.07) is 0.680. The molecule has 4 bridgehead atoms. The Morgan fingerprint density at radius 2 is 1.54 bits per heavy atom. The molecule has 7 unspecified atom stereocenters. The molecule has 7 atom stereocenters. The maximum Gasteiger partial charge on any atom is 0.309 e. The van der Waals surface area contributed by atoms with Gasteiger partial charge in [0, 0.05) is 37.9 Å². The molecule has 5 aliphatic heterocycles. The second-order valence-electron chi connectivity index (χ2n) is 15.6. The van der Waals surface area contributed by atoms with Gasteiger partial charge >= 0.3 is 5.97 Å². The van der Waals surface area contributed by atoms with E-state index in [4.69, 9.17) is 14.2 Å². The summed E-state index contributed by atoms with van der Waals surface area (Å²) in [5, 5.41) is 0. The topological polar surface area (TPSA) is 68.3 Å². The largest absolute Gasteiger partial charge is 0.457 e. The van der Waals surface area contributed by atoms with Crippen molar-refractivity contribution < 1.29 is 23.8 Å². The summed E-state index contributed by atoms with van der Waals surface area (Å²) in [5.74, 6) is 0.625. The maximum absolute atomic E-state index is 13.3. The van der Waals surface area contributed by atoms with Crippen molar-refractivity contribution in [1.29, 1.82) is 0 Å². The minimum absolute atomic E-state index is 0.0726. The summed E-state index contributed by atoms with van der Waals surface area (Å²) in [7, 11) is 0. The van der Waals surface area contributed by atoms with Gasteiger partial charge < -0.3 is 24.0 Å². The number of piperidine rings is 2. The fourth-order valence-electron chi connectivity index (χ4n) is 8.70. The van der Waals surface area contributed by atoms with Crippen LogP contribution in [0.4, 0.5) is 0 Å². The first-order valence-electron chi connectivity index (χ1n) is 19.9. The van der Waals surface area contributed by atoms with Crippen LogP contribution < -0.4 is 0 Å². The molecule has 5 rings (SSSR count). The van der Waals surface area contributed by atoms with Crippen LogP contribution in [0.15, 0.2) is 36.0 Å². The minimum Gasteiger partial charge on any atom is -0.457 e. The third kappa shape index (κ3) is 11.8. The Bertz CT molecular complexity index is 1090. The van der Waals surface area contributed by atoms with Gasteiger partial charge in [-0.2, -0.15) is 0 Å². The van der Waals surface area contributed by atoms with E-state index in [1.807, 2.05) is 0 Å². The lowest BCUT2D eigenvalue weighted by Gasteiger charge is -2.40. The Morgan fingerprint density at radius 3 is 2.31 bits per heavy atom. The number of allylic oxidation sites excluding steroid dienone is 3. The monoisotopic (exact) mass is 666 g/mol. The van der Waals surface area contributed by atoms with E-state index >= 15 is 0 Å². The minimum atomic E-state index is -0.306. The highest BCUT2D eigenvalue weighted by Gasteiger charge is 2.33. The van der Waals surface area contributed by atoms with Gasteiger partial charge in [0.1, 0.15) is 6.10 Å². The number of rotatable bonds is 8. The van der Waals surface area contributed by atoms with Gasteiger partial charge in [-0.3, -0.25) is 9.59 Å². The molecule has 5 aliphatic rings. The first-order valence-corrected chi connectivity index (χ1v) is 19.9. The van der Waals surface area contributed by atoms with Crippen molar-refractivity contribution in [2.45, 2.75) is 173 Å². The number of hydrogen-bond acceptors (Lipinski definition) is 6. The van der Waals surface area contributed by atoms with Gasteiger partial charge in [0.25, 0.3) is 0 Å². The van der Waals surface area contributed by atoms with Crippen molar-refractivity contribution >= 4 is 11.9 Å². The number of esters is 1. The van der Waals surface area contributed by atoms with Gasteiger partial charge in [0.05, 0.1) is 30.8 Å². The fraction of sp³-hybridized carbons (Fsp3) is 0.805. The fourth-order valence-corrected chi connectivity index (χ4v) is 8.70. The number of ether oxygens (including phenoxy) is 3. The average molecular weight is 667 g/mol. The van der Waals surface area contributed by atoms with E-state index in [9.17, 15) is 9.59 Å². The number of hydrogen-bond donors (Lipinski definition) is 0. The molecule has 0 saturated carbocycles. The van der Waals surface area contributed by atoms with Gasteiger partial charge in [-0.1, -0.05) is 56.6 Å². The van der Waals surface area contributed by atoms with E-state index in [0.717, 1.165) is 90.1 Å². The van der Waals surface area contributed by atoms with Crippen LogP contribution in [-0.4, -0.2) is 84.4 Å². The lowest BCUT2D eigenvalue weighted by atomic mass is 9.90. The van der Waals surface area contributed by atoms with Crippen LogP contribution in [-0.2, 0) is 23.8 Å². The van der Waals surface area contributed by atoms with E-state index < -0.39 is 0 Å². The van der Waals surface area contributed by atoms with Gasteiger partial charge in [0.2, 0.25) is 5.91 Å². The van der Waals surface area contributed by atoms with Crippen LogP contribution >= 0.6 is 0 Å². The van der Waals surface area contributed by atoms with E-state index in [1.165, 1.54) is 44.3 Å². The summed E-state index contributed by atoms with van der Waals surface area (Å²) in [4.78, 5) is 30.9. The van der Waals surface area contributed by atoms with Gasteiger partial charge in [0.15, 0.2) is 0 Å². The Kier molecular flexibility index (Phi) is 15.1. The summed E-state index contributed by atoms with van der Waals surface area (Å²) in [6.45, 7) is 10.9. The van der Waals surface area contributed by atoms with Gasteiger partial charge in [-0.25, -0.2) is 0 Å². The van der Waals surface area contributed by atoms with Crippen LogP contribution in [0.1, 0.15) is 136 Å². The van der Waals surface area contributed by atoms with Gasteiger partial charge in [-0.15, -0.1) is 0 Å². The van der Waals surface area contributed by atoms with Crippen LogP contribution in [0.5, 0.6) is 0 Å². The highest BCUT2D eigenvalue weighted by atomic mass is 16.5. The Morgan fingerprint density at radius 1 is 0.812 bits per heavy atom. The molecule has 1 amide bonds. The molecule has 0 radical (unpaired) electrons. The Balaban J connectivity index is 1.08. The molecule has 7 heteroatoms. The van der Waals surface area contributed by atoms with Crippen LogP contribution in [0.3, 0.4) is 0 Å². The summed E-state index contributed by atoms with van der Waals surface area (Å²) in [5.41, 5.74) is 1.37. The molecule has 48 heavy (non-hydrogen) atoms. The van der Waals surface area contributed by atoms with Crippen molar-refractivity contribution in [1.82, 2.24) is 9.80 Å². The van der Waals surface area contributed by atoms with E-state index in [-0.39, 0.29) is 42.7 Å². The number of carbonyl (C=O) groups is 2.